The second-order valence-corrected chi connectivity index (χ2v) is 8.51. The van der Waals surface area contributed by atoms with Gasteiger partial charge in [-0.3, -0.25) is 0 Å². The summed E-state index contributed by atoms with van der Waals surface area (Å²) in [6, 6.07) is 16.7. The largest absolute Gasteiger partial charge is 0.382 e. The highest BCUT2D eigenvalue weighted by Crippen LogP contribution is 2.32. The van der Waals surface area contributed by atoms with Crippen LogP contribution in [0, 0.1) is 0 Å². The van der Waals surface area contributed by atoms with Crippen LogP contribution in [0.15, 0.2) is 64.0 Å². The molecule has 0 bridgehead atoms. The molecule has 2 aromatic carbocycles. The summed E-state index contributed by atoms with van der Waals surface area (Å²) in [6.07, 6.45) is 6.85. The number of aromatic amines is 1. The normalized spacial score (nSPS) is 15.6. The van der Waals surface area contributed by atoms with Crippen molar-refractivity contribution in [1.82, 2.24) is 15.0 Å². The SMILES string of the molecule is CN=NN=C(N)c1ccc2c(c1)[nH]c1nc(Cc3ccccc3)nc(NC3CCCCC3)c12. The number of rotatable bonds is 6. The van der Waals surface area contributed by atoms with Crippen LogP contribution in [0.1, 0.15) is 49.1 Å². The molecule has 0 unspecified atom stereocenters. The van der Waals surface area contributed by atoms with E-state index in [2.05, 4.69) is 37.9 Å². The van der Waals surface area contributed by atoms with E-state index in [-0.39, 0.29) is 0 Å². The molecule has 0 saturated heterocycles. The highest BCUT2D eigenvalue weighted by molar-refractivity contribution is 6.13. The zero-order valence-corrected chi connectivity index (χ0v) is 18.8. The van der Waals surface area contributed by atoms with E-state index >= 15 is 0 Å². The Morgan fingerprint density at radius 2 is 1.91 bits per heavy atom. The number of H-pyrrole nitrogens is 1. The molecule has 1 aliphatic rings. The van der Waals surface area contributed by atoms with Crippen molar-refractivity contribution in [2.24, 2.45) is 21.2 Å². The summed E-state index contributed by atoms with van der Waals surface area (Å²) in [7, 11) is 1.56. The van der Waals surface area contributed by atoms with Crippen LogP contribution in [0.2, 0.25) is 0 Å². The lowest BCUT2D eigenvalue weighted by Crippen LogP contribution is -2.23. The lowest BCUT2D eigenvalue weighted by Gasteiger charge is -2.24. The number of anilines is 1. The number of nitrogens with two attached hydrogens (primary N) is 1. The third-order valence-electron chi connectivity index (χ3n) is 6.19. The number of amidine groups is 1. The van der Waals surface area contributed by atoms with E-state index in [1.165, 1.54) is 37.7 Å². The maximum atomic E-state index is 6.07. The van der Waals surface area contributed by atoms with Crippen LogP contribution in [0.5, 0.6) is 0 Å². The Kier molecular flexibility index (Phi) is 5.97. The van der Waals surface area contributed by atoms with Crippen molar-refractivity contribution in [2.75, 3.05) is 12.4 Å². The second kappa shape index (κ2) is 9.36. The first-order chi connectivity index (χ1) is 16.2. The standard InChI is InChI=1S/C25H28N8/c1-27-33-32-23(26)17-12-13-19-20(15-17)29-25-22(19)24(28-18-10-6-3-7-11-18)30-21(31-25)14-16-8-4-2-5-9-16/h2,4-5,8-9,12-13,15,18H,3,6-7,10-11,14H2,1H3,(H2,26,27,32)(H2,28,29,30,31). The number of nitrogens with one attached hydrogen (secondary N) is 2. The molecule has 1 aliphatic carbocycles. The van der Waals surface area contributed by atoms with E-state index in [0.717, 1.165) is 39.1 Å². The topological polar surface area (TPSA) is 117 Å². The van der Waals surface area contributed by atoms with Crippen molar-refractivity contribution in [1.29, 1.82) is 0 Å². The van der Waals surface area contributed by atoms with Gasteiger partial charge in [0.05, 0.1) is 12.4 Å². The predicted molar refractivity (Wildman–Crippen MR) is 133 cm³/mol. The van der Waals surface area contributed by atoms with Gasteiger partial charge in [-0.15, -0.1) is 5.10 Å². The van der Waals surface area contributed by atoms with Gasteiger partial charge < -0.3 is 16.0 Å². The monoisotopic (exact) mass is 440 g/mol. The summed E-state index contributed by atoms with van der Waals surface area (Å²) in [5, 5.41) is 17.0. The first kappa shape index (κ1) is 21.1. The summed E-state index contributed by atoms with van der Waals surface area (Å²) >= 11 is 0. The molecule has 2 heterocycles. The van der Waals surface area contributed by atoms with E-state index in [0.29, 0.717) is 18.3 Å². The Hall–Kier alpha value is -3.81. The molecule has 0 spiro atoms. The van der Waals surface area contributed by atoms with Crippen molar-refractivity contribution in [3.63, 3.8) is 0 Å². The number of hydrogen-bond donors (Lipinski definition) is 3. The highest BCUT2D eigenvalue weighted by Gasteiger charge is 2.19. The van der Waals surface area contributed by atoms with Gasteiger partial charge in [-0.05, 0) is 29.7 Å². The van der Waals surface area contributed by atoms with Gasteiger partial charge in [-0.1, -0.05) is 61.7 Å². The van der Waals surface area contributed by atoms with Gasteiger partial charge in [0.1, 0.15) is 17.3 Å². The molecule has 1 fully saturated rings. The Balaban J connectivity index is 1.60. The van der Waals surface area contributed by atoms with Crippen molar-refractivity contribution >= 4 is 33.6 Å². The van der Waals surface area contributed by atoms with Crippen molar-refractivity contribution < 1.29 is 0 Å². The molecule has 4 N–H and O–H groups in total. The van der Waals surface area contributed by atoms with Crippen LogP contribution in [-0.4, -0.2) is 33.9 Å². The molecule has 0 aliphatic heterocycles. The fraction of sp³-hybridized carbons (Fsp3) is 0.320. The van der Waals surface area contributed by atoms with Crippen LogP contribution in [0.3, 0.4) is 0 Å². The zero-order chi connectivity index (χ0) is 22.6. The van der Waals surface area contributed by atoms with Crippen LogP contribution in [0.4, 0.5) is 5.82 Å². The zero-order valence-electron chi connectivity index (χ0n) is 18.8. The molecule has 0 radical (unpaired) electrons. The van der Waals surface area contributed by atoms with Gasteiger partial charge >= 0.3 is 0 Å². The van der Waals surface area contributed by atoms with Gasteiger partial charge in [0.2, 0.25) is 0 Å². The number of nitrogens with zero attached hydrogens (tertiary/aromatic N) is 5. The predicted octanol–water partition coefficient (Wildman–Crippen LogP) is 5.15. The molecule has 2 aromatic heterocycles. The first-order valence-corrected chi connectivity index (χ1v) is 11.5. The molecule has 5 rings (SSSR count). The Bertz CT molecular complexity index is 1320. The molecule has 4 aromatic rings. The maximum absolute atomic E-state index is 6.07. The quantitative estimate of drug-likeness (QED) is 0.166. The average Bonchev–Trinajstić information content (AvgIpc) is 3.21. The van der Waals surface area contributed by atoms with Crippen molar-refractivity contribution in [3.8, 4) is 0 Å². The lowest BCUT2D eigenvalue weighted by atomic mass is 9.95. The minimum absolute atomic E-state index is 0.317. The summed E-state index contributed by atoms with van der Waals surface area (Å²) in [5.74, 6) is 2.01. The Labute approximate surface area is 192 Å². The van der Waals surface area contributed by atoms with Gasteiger partial charge in [-0.25, -0.2) is 9.97 Å². The third kappa shape index (κ3) is 4.55. The molecule has 8 heteroatoms. The van der Waals surface area contributed by atoms with Crippen molar-refractivity contribution in [3.05, 3.63) is 65.5 Å². The fourth-order valence-corrected chi connectivity index (χ4v) is 4.56. The van der Waals surface area contributed by atoms with E-state index in [1.54, 1.807) is 7.05 Å². The molecule has 168 valence electrons. The highest BCUT2D eigenvalue weighted by atomic mass is 15.4. The van der Waals surface area contributed by atoms with Gasteiger partial charge in [-0.2, -0.15) is 5.11 Å². The Morgan fingerprint density at radius 1 is 1.09 bits per heavy atom. The Morgan fingerprint density at radius 3 is 2.70 bits per heavy atom. The maximum Gasteiger partial charge on any atom is 0.155 e. The van der Waals surface area contributed by atoms with Crippen LogP contribution >= 0.6 is 0 Å². The molecule has 0 atom stereocenters. The first-order valence-electron chi connectivity index (χ1n) is 11.5. The van der Waals surface area contributed by atoms with E-state index in [1.807, 2.05) is 36.4 Å². The van der Waals surface area contributed by atoms with E-state index in [4.69, 9.17) is 15.7 Å². The fourth-order valence-electron chi connectivity index (χ4n) is 4.56. The number of fused-ring (bicyclic) bond motifs is 3. The lowest BCUT2D eigenvalue weighted by molar-refractivity contribution is 0.462. The summed E-state index contributed by atoms with van der Waals surface area (Å²) < 4.78 is 0. The van der Waals surface area contributed by atoms with Crippen LogP contribution < -0.4 is 11.1 Å². The van der Waals surface area contributed by atoms with Crippen molar-refractivity contribution in [2.45, 2.75) is 44.6 Å². The molecule has 8 nitrogen and oxygen atoms in total. The second-order valence-electron chi connectivity index (χ2n) is 8.51. The number of hydrogen-bond acceptors (Lipinski definition) is 5. The number of aromatic nitrogens is 3. The smallest absolute Gasteiger partial charge is 0.155 e. The molecular weight excluding hydrogens is 412 g/mol. The van der Waals surface area contributed by atoms with Gasteiger partial charge in [0.15, 0.2) is 5.84 Å². The molecule has 1 saturated carbocycles. The van der Waals surface area contributed by atoms with Gasteiger partial charge in [0, 0.05) is 28.9 Å². The minimum atomic E-state index is 0.317. The molecule has 33 heavy (non-hydrogen) atoms. The number of benzene rings is 2. The minimum Gasteiger partial charge on any atom is -0.382 e. The molecular formula is C25H28N8. The van der Waals surface area contributed by atoms with Gasteiger partial charge in [0.25, 0.3) is 0 Å². The summed E-state index contributed by atoms with van der Waals surface area (Å²) in [6.45, 7) is 0. The van der Waals surface area contributed by atoms with E-state index in [9.17, 15) is 0 Å². The average molecular weight is 441 g/mol. The van der Waals surface area contributed by atoms with Crippen LogP contribution in [0.25, 0.3) is 21.9 Å². The summed E-state index contributed by atoms with van der Waals surface area (Å²) in [4.78, 5) is 13.4. The van der Waals surface area contributed by atoms with E-state index < -0.39 is 0 Å². The summed E-state index contributed by atoms with van der Waals surface area (Å²) in [5.41, 5.74) is 9.80. The van der Waals surface area contributed by atoms with Crippen LogP contribution in [-0.2, 0) is 6.42 Å². The third-order valence-corrected chi connectivity index (χ3v) is 6.19. The molecule has 0 amide bonds.